The highest BCUT2D eigenvalue weighted by Crippen LogP contribution is 2.23. The van der Waals surface area contributed by atoms with Crippen molar-refractivity contribution in [3.63, 3.8) is 0 Å². The van der Waals surface area contributed by atoms with E-state index in [1.165, 1.54) is 5.56 Å². The Hall–Kier alpha value is -1.49. The molecule has 16 heavy (non-hydrogen) atoms. The van der Waals surface area contributed by atoms with Gasteiger partial charge in [0.2, 0.25) is 0 Å². The second kappa shape index (κ2) is 4.57. The number of aryl methyl sites for hydroxylation is 2. The van der Waals surface area contributed by atoms with Crippen molar-refractivity contribution in [1.82, 2.24) is 9.78 Å². The van der Waals surface area contributed by atoms with Gasteiger partial charge in [-0.25, -0.2) is 0 Å². The van der Waals surface area contributed by atoms with E-state index in [4.69, 9.17) is 5.73 Å². The van der Waals surface area contributed by atoms with Crippen LogP contribution in [0.3, 0.4) is 0 Å². The third kappa shape index (κ3) is 2.04. The van der Waals surface area contributed by atoms with E-state index in [-0.39, 0.29) is 0 Å². The van der Waals surface area contributed by atoms with Crippen LogP contribution in [-0.2, 0) is 20.0 Å². The summed E-state index contributed by atoms with van der Waals surface area (Å²) < 4.78 is 1.81. The molecule has 0 unspecified atom stereocenters. The number of hydrogen-bond acceptors (Lipinski definition) is 4. The van der Waals surface area contributed by atoms with Crippen molar-refractivity contribution >= 4 is 22.8 Å². The van der Waals surface area contributed by atoms with Gasteiger partial charge < -0.3 is 11.1 Å². The number of hydrogen-bond donors (Lipinski definition) is 2. The Morgan fingerprint density at radius 2 is 2.38 bits per heavy atom. The fourth-order valence-electron chi connectivity index (χ4n) is 1.65. The largest absolute Gasteiger partial charge is 0.394 e. The van der Waals surface area contributed by atoms with E-state index in [0.29, 0.717) is 0 Å². The van der Waals surface area contributed by atoms with Gasteiger partial charge in [0.05, 0.1) is 11.4 Å². The number of nitrogens with two attached hydrogens (primary N) is 1. The molecule has 0 radical (unpaired) electrons. The van der Waals surface area contributed by atoms with Crippen LogP contribution < -0.4 is 11.1 Å². The van der Waals surface area contributed by atoms with Crippen LogP contribution in [0.15, 0.2) is 16.8 Å². The highest BCUT2D eigenvalue weighted by molar-refractivity contribution is 7.07. The summed E-state index contributed by atoms with van der Waals surface area (Å²) >= 11 is 1.70. The quantitative estimate of drug-likeness (QED) is 0.856. The van der Waals surface area contributed by atoms with Crippen LogP contribution in [0.4, 0.5) is 11.5 Å². The average molecular weight is 236 g/mol. The number of nitrogens with one attached hydrogen (secondary N) is 1. The maximum Gasteiger partial charge on any atom is 0.148 e. The van der Waals surface area contributed by atoms with Crippen LogP contribution >= 0.6 is 11.3 Å². The van der Waals surface area contributed by atoms with Crippen LogP contribution in [0.25, 0.3) is 0 Å². The summed E-state index contributed by atoms with van der Waals surface area (Å²) in [6, 6.07) is 2.10. The van der Waals surface area contributed by atoms with Crippen molar-refractivity contribution in [2.75, 3.05) is 11.1 Å². The second-order valence-electron chi connectivity index (χ2n) is 3.67. The average Bonchev–Trinajstić information content (AvgIpc) is 2.86. The molecule has 0 bridgehead atoms. The summed E-state index contributed by atoms with van der Waals surface area (Å²) in [5, 5.41) is 11.9. The third-order valence-electron chi connectivity index (χ3n) is 2.54. The first-order valence-electron chi connectivity index (χ1n) is 5.28. The Morgan fingerprint density at radius 1 is 1.56 bits per heavy atom. The molecule has 0 saturated heterocycles. The van der Waals surface area contributed by atoms with E-state index >= 15 is 0 Å². The molecule has 0 aliphatic rings. The van der Waals surface area contributed by atoms with Gasteiger partial charge in [-0.1, -0.05) is 6.92 Å². The molecule has 2 heterocycles. The van der Waals surface area contributed by atoms with E-state index in [1.54, 1.807) is 16.0 Å². The van der Waals surface area contributed by atoms with Gasteiger partial charge in [0.15, 0.2) is 0 Å². The molecule has 0 saturated carbocycles. The number of nitrogen functional groups attached to an aromatic ring is 1. The zero-order chi connectivity index (χ0) is 11.5. The lowest BCUT2D eigenvalue weighted by Crippen LogP contribution is -2.05. The van der Waals surface area contributed by atoms with Gasteiger partial charge >= 0.3 is 0 Å². The van der Waals surface area contributed by atoms with Crippen LogP contribution in [-0.4, -0.2) is 9.78 Å². The van der Waals surface area contributed by atoms with Gasteiger partial charge in [-0.05, 0) is 28.8 Å². The molecule has 0 spiro atoms. The molecule has 0 amide bonds. The van der Waals surface area contributed by atoms with Crippen molar-refractivity contribution in [1.29, 1.82) is 0 Å². The number of rotatable bonds is 4. The normalized spacial score (nSPS) is 10.6. The van der Waals surface area contributed by atoms with Gasteiger partial charge in [0.25, 0.3) is 0 Å². The van der Waals surface area contributed by atoms with Crippen molar-refractivity contribution < 1.29 is 0 Å². The zero-order valence-electron chi connectivity index (χ0n) is 9.53. The lowest BCUT2D eigenvalue weighted by molar-refractivity contribution is 0.748. The molecule has 0 aliphatic heterocycles. The minimum atomic E-state index is 0.764. The van der Waals surface area contributed by atoms with E-state index in [1.807, 2.05) is 7.05 Å². The maximum absolute atomic E-state index is 6.01. The van der Waals surface area contributed by atoms with Gasteiger partial charge in [-0.2, -0.15) is 16.4 Å². The van der Waals surface area contributed by atoms with Gasteiger partial charge in [0.1, 0.15) is 5.82 Å². The fourth-order valence-corrected chi connectivity index (χ4v) is 2.31. The second-order valence-corrected chi connectivity index (χ2v) is 4.45. The number of anilines is 2. The molecule has 5 heteroatoms. The summed E-state index contributed by atoms with van der Waals surface area (Å²) in [5.74, 6) is 0.906. The molecule has 0 aromatic carbocycles. The Kier molecular flexibility index (Phi) is 3.14. The molecule has 3 N–H and O–H groups in total. The molecule has 4 nitrogen and oxygen atoms in total. The molecule has 2 aromatic rings. The van der Waals surface area contributed by atoms with Gasteiger partial charge in [-0.15, -0.1) is 0 Å². The highest BCUT2D eigenvalue weighted by Gasteiger charge is 2.11. The SMILES string of the molecule is CCc1nn(C)c(NCc2ccsc2)c1N. The fraction of sp³-hybridized carbons (Fsp3) is 0.364. The third-order valence-corrected chi connectivity index (χ3v) is 3.27. The summed E-state index contributed by atoms with van der Waals surface area (Å²) in [6.07, 6.45) is 0.861. The van der Waals surface area contributed by atoms with Gasteiger partial charge in [0, 0.05) is 13.6 Å². The number of aromatic nitrogens is 2. The first kappa shape index (κ1) is 11.0. The summed E-state index contributed by atoms with van der Waals surface area (Å²) in [4.78, 5) is 0. The van der Waals surface area contributed by atoms with E-state index < -0.39 is 0 Å². The number of nitrogens with zero attached hydrogens (tertiary/aromatic N) is 2. The van der Waals surface area contributed by atoms with Crippen LogP contribution in [0.2, 0.25) is 0 Å². The van der Waals surface area contributed by atoms with Crippen molar-refractivity contribution in [2.24, 2.45) is 7.05 Å². The highest BCUT2D eigenvalue weighted by atomic mass is 32.1. The first-order chi connectivity index (χ1) is 7.72. The number of thiophene rings is 1. The minimum absolute atomic E-state index is 0.764. The van der Waals surface area contributed by atoms with Crippen LogP contribution in [0, 0.1) is 0 Å². The Bertz CT molecular complexity index is 459. The summed E-state index contributed by atoms with van der Waals surface area (Å²) in [7, 11) is 1.91. The molecular formula is C11H16N4S. The van der Waals surface area contributed by atoms with Crippen LogP contribution in [0.5, 0.6) is 0 Å². The predicted molar refractivity (Wildman–Crippen MR) is 68.6 cm³/mol. The van der Waals surface area contributed by atoms with E-state index in [2.05, 4.69) is 34.2 Å². The van der Waals surface area contributed by atoms with Crippen molar-refractivity contribution in [2.45, 2.75) is 19.9 Å². The minimum Gasteiger partial charge on any atom is -0.394 e. The van der Waals surface area contributed by atoms with E-state index in [9.17, 15) is 0 Å². The van der Waals surface area contributed by atoms with Crippen LogP contribution in [0.1, 0.15) is 18.2 Å². The topological polar surface area (TPSA) is 55.9 Å². The van der Waals surface area contributed by atoms with Crippen molar-refractivity contribution in [3.8, 4) is 0 Å². The summed E-state index contributed by atoms with van der Waals surface area (Å²) in [6.45, 7) is 2.84. The monoisotopic (exact) mass is 236 g/mol. The Labute approximate surface area is 99.1 Å². The smallest absolute Gasteiger partial charge is 0.148 e. The summed E-state index contributed by atoms with van der Waals surface area (Å²) in [5.41, 5.74) is 9.00. The Balaban J connectivity index is 2.12. The molecule has 2 rings (SSSR count). The van der Waals surface area contributed by atoms with Crippen molar-refractivity contribution in [3.05, 3.63) is 28.1 Å². The standard InChI is InChI=1S/C11H16N4S/c1-3-9-10(12)11(15(2)14-9)13-6-8-4-5-16-7-8/h4-5,7,13H,3,6,12H2,1-2H3. The molecular weight excluding hydrogens is 220 g/mol. The lowest BCUT2D eigenvalue weighted by atomic mass is 10.3. The molecule has 0 aliphatic carbocycles. The predicted octanol–water partition coefficient (Wildman–Crippen LogP) is 2.24. The molecule has 86 valence electrons. The molecule has 0 atom stereocenters. The van der Waals surface area contributed by atoms with Gasteiger partial charge in [-0.3, -0.25) is 4.68 Å². The first-order valence-corrected chi connectivity index (χ1v) is 6.23. The maximum atomic E-state index is 6.01. The zero-order valence-corrected chi connectivity index (χ0v) is 10.3. The lowest BCUT2D eigenvalue weighted by Gasteiger charge is -2.06. The Morgan fingerprint density at radius 3 is 2.94 bits per heavy atom. The van der Waals surface area contributed by atoms with E-state index in [0.717, 1.165) is 30.2 Å². The molecule has 2 aromatic heterocycles. The molecule has 0 fully saturated rings.